The third-order valence-electron chi connectivity index (χ3n) is 3.91. The summed E-state index contributed by atoms with van der Waals surface area (Å²) >= 11 is 5.84. The molecule has 3 rings (SSSR count). The summed E-state index contributed by atoms with van der Waals surface area (Å²) < 4.78 is 1.98. The molecule has 3 heterocycles. The van der Waals surface area contributed by atoms with Gasteiger partial charge in [-0.05, 0) is 38.3 Å². The van der Waals surface area contributed by atoms with Crippen molar-refractivity contribution < 1.29 is 0 Å². The SMILES string of the molecule is C=N/C(=C\C(=C/C)N1CCC1)c1ccc2nc(CCl)cn2c1. The molecule has 0 aliphatic carbocycles. The van der Waals surface area contributed by atoms with Crippen molar-refractivity contribution in [3.63, 3.8) is 0 Å². The summed E-state index contributed by atoms with van der Waals surface area (Å²) in [6, 6.07) is 3.99. The third-order valence-corrected chi connectivity index (χ3v) is 4.18. The van der Waals surface area contributed by atoms with Gasteiger partial charge in [-0.3, -0.25) is 4.99 Å². The lowest BCUT2D eigenvalue weighted by atomic mass is 10.1. The Kier molecular flexibility index (Phi) is 4.29. The van der Waals surface area contributed by atoms with Gasteiger partial charge in [0.05, 0.1) is 17.3 Å². The van der Waals surface area contributed by atoms with Crippen LogP contribution >= 0.6 is 11.6 Å². The van der Waals surface area contributed by atoms with Crippen LogP contribution in [0.3, 0.4) is 0 Å². The summed E-state index contributed by atoms with van der Waals surface area (Å²) in [7, 11) is 0. The number of fused-ring (bicyclic) bond motifs is 1. The fourth-order valence-electron chi connectivity index (χ4n) is 2.55. The smallest absolute Gasteiger partial charge is 0.137 e. The Morgan fingerprint density at radius 2 is 2.23 bits per heavy atom. The second-order valence-electron chi connectivity index (χ2n) is 5.29. The van der Waals surface area contributed by atoms with E-state index in [4.69, 9.17) is 11.6 Å². The van der Waals surface area contributed by atoms with E-state index in [0.717, 1.165) is 35.7 Å². The molecular formula is C17H19ClN4. The van der Waals surface area contributed by atoms with Gasteiger partial charge in [0.25, 0.3) is 0 Å². The average molecular weight is 315 g/mol. The van der Waals surface area contributed by atoms with Gasteiger partial charge in [-0.2, -0.15) is 0 Å². The fourth-order valence-corrected chi connectivity index (χ4v) is 2.68. The Morgan fingerprint density at radius 1 is 1.41 bits per heavy atom. The van der Waals surface area contributed by atoms with Crippen LogP contribution in [0.1, 0.15) is 24.6 Å². The van der Waals surface area contributed by atoms with E-state index in [2.05, 4.69) is 40.7 Å². The third kappa shape index (κ3) is 2.79. The molecule has 2 aromatic heterocycles. The molecule has 1 saturated heterocycles. The van der Waals surface area contributed by atoms with Crippen LogP contribution in [0.25, 0.3) is 11.3 Å². The maximum atomic E-state index is 5.84. The van der Waals surface area contributed by atoms with Gasteiger partial charge >= 0.3 is 0 Å². The van der Waals surface area contributed by atoms with Crippen molar-refractivity contribution in [2.75, 3.05) is 13.1 Å². The second-order valence-corrected chi connectivity index (χ2v) is 5.56. The number of imidazole rings is 1. The summed E-state index contributed by atoms with van der Waals surface area (Å²) in [6.45, 7) is 7.99. The zero-order valence-corrected chi connectivity index (χ0v) is 13.4. The van der Waals surface area contributed by atoms with E-state index in [1.807, 2.05) is 28.9 Å². The molecule has 0 N–H and O–H groups in total. The maximum Gasteiger partial charge on any atom is 0.137 e. The number of hydrogen-bond donors (Lipinski definition) is 0. The molecule has 0 spiro atoms. The first-order chi connectivity index (χ1) is 10.7. The van der Waals surface area contributed by atoms with Gasteiger partial charge in [0.15, 0.2) is 0 Å². The van der Waals surface area contributed by atoms with E-state index in [-0.39, 0.29) is 0 Å². The number of alkyl halides is 1. The van der Waals surface area contributed by atoms with E-state index in [9.17, 15) is 0 Å². The topological polar surface area (TPSA) is 32.9 Å². The van der Waals surface area contributed by atoms with Crippen molar-refractivity contribution in [1.29, 1.82) is 0 Å². The van der Waals surface area contributed by atoms with Crippen molar-refractivity contribution in [2.24, 2.45) is 4.99 Å². The molecule has 114 valence electrons. The van der Waals surface area contributed by atoms with E-state index < -0.39 is 0 Å². The number of hydrogen-bond acceptors (Lipinski definition) is 3. The highest BCUT2D eigenvalue weighted by molar-refractivity contribution is 6.16. The van der Waals surface area contributed by atoms with Crippen LogP contribution in [-0.2, 0) is 5.88 Å². The average Bonchev–Trinajstić information content (AvgIpc) is 2.91. The molecule has 2 aromatic rings. The Morgan fingerprint density at radius 3 is 2.82 bits per heavy atom. The zero-order valence-electron chi connectivity index (χ0n) is 12.7. The highest BCUT2D eigenvalue weighted by Crippen LogP contribution is 2.23. The van der Waals surface area contributed by atoms with Crippen LogP contribution in [0.5, 0.6) is 0 Å². The van der Waals surface area contributed by atoms with Gasteiger partial charge in [-0.1, -0.05) is 6.08 Å². The van der Waals surface area contributed by atoms with Gasteiger partial charge in [0.2, 0.25) is 0 Å². The lowest BCUT2D eigenvalue weighted by molar-refractivity contribution is 0.246. The van der Waals surface area contributed by atoms with Crippen LogP contribution in [-0.4, -0.2) is 34.1 Å². The molecule has 0 aromatic carbocycles. The van der Waals surface area contributed by atoms with E-state index in [1.54, 1.807) is 0 Å². The molecule has 1 aliphatic rings. The zero-order chi connectivity index (χ0) is 15.5. The number of allylic oxidation sites excluding steroid dienone is 2. The number of halogens is 1. The number of likely N-dealkylation sites (tertiary alicyclic amines) is 1. The summed E-state index contributed by atoms with van der Waals surface area (Å²) in [5.74, 6) is 0.414. The fraction of sp³-hybridized carbons (Fsp3) is 0.294. The lowest BCUT2D eigenvalue weighted by Gasteiger charge is -2.34. The second kappa shape index (κ2) is 6.36. The first kappa shape index (κ1) is 14.9. The maximum absolute atomic E-state index is 5.84. The summed E-state index contributed by atoms with van der Waals surface area (Å²) in [4.78, 5) is 11.0. The van der Waals surface area contributed by atoms with Crippen LogP contribution in [0.15, 0.2) is 47.4 Å². The van der Waals surface area contributed by atoms with Crippen LogP contribution in [0, 0.1) is 0 Å². The van der Waals surface area contributed by atoms with Crippen molar-refractivity contribution in [3.05, 3.63) is 53.6 Å². The molecule has 0 atom stereocenters. The predicted octanol–water partition coefficient (Wildman–Crippen LogP) is 3.72. The van der Waals surface area contributed by atoms with Gasteiger partial charge in [-0.25, -0.2) is 4.98 Å². The van der Waals surface area contributed by atoms with Crippen LogP contribution in [0.4, 0.5) is 0 Å². The molecule has 1 aliphatic heterocycles. The molecule has 0 radical (unpaired) electrons. The van der Waals surface area contributed by atoms with Crippen molar-refractivity contribution in [1.82, 2.24) is 14.3 Å². The predicted molar refractivity (Wildman–Crippen MR) is 92.2 cm³/mol. The Labute approximate surface area is 135 Å². The molecule has 0 bridgehead atoms. The van der Waals surface area contributed by atoms with E-state index in [1.165, 1.54) is 12.1 Å². The minimum absolute atomic E-state index is 0.414. The summed E-state index contributed by atoms with van der Waals surface area (Å²) in [5, 5.41) is 0. The van der Waals surface area contributed by atoms with E-state index >= 15 is 0 Å². The highest BCUT2D eigenvalue weighted by Gasteiger charge is 2.15. The monoisotopic (exact) mass is 314 g/mol. The van der Waals surface area contributed by atoms with E-state index in [0.29, 0.717) is 5.88 Å². The first-order valence-electron chi connectivity index (χ1n) is 7.39. The number of pyridine rings is 1. The highest BCUT2D eigenvalue weighted by atomic mass is 35.5. The van der Waals surface area contributed by atoms with Crippen LogP contribution < -0.4 is 0 Å². The normalized spacial score (nSPS) is 16.0. The van der Waals surface area contributed by atoms with Crippen molar-refractivity contribution >= 4 is 29.7 Å². The van der Waals surface area contributed by atoms with Gasteiger partial charge in [0, 0.05) is 36.7 Å². The summed E-state index contributed by atoms with van der Waals surface area (Å²) in [6.07, 6.45) is 9.42. The van der Waals surface area contributed by atoms with Gasteiger partial charge in [0.1, 0.15) is 5.65 Å². The largest absolute Gasteiger partial charge is 0.372 e. The number of rotatable bonds is 5. The Balaban J connectivity index is 1.97. The standard InChI is InChI=1S/C17H19ClN4/c1-3-15(21-7-4-8-21)9-16(19-2)13-5-6-17-20-14(10-18)12-22(17)11-13/h3,5-6,9,11-12H,2,4,7-8,10H2,1H3/b15-3+,16-9-. The molecule has 0 saturated carbocycles. The Bertz CT molecular complexity index is 753. The van der Waals surface area contributed by atoms with Crippen molar-refractivity contribution in [2.45, 2.75) is 19.2 Å². The minimum Gasteiger partial charge on any atom is -0.372 e. The number of aliphatic imine (C=N–C) groups is 1. The molecule has 1 fully saturated rings. The minimum atomic E-state index is 0.414. The molecule has 5 heteroatoms. The molecular weight excluding hydrogens is 296 g/mol. The number of nitrogens with zero attached hydrogens (tertiary/aromatic N) is 4. The van der Waals surface area contributed by atoms with Gasteiger partial charge in [-0.15, -0.1) is 11.6 Å². The van der Waals surface area contributed by atoms with Crippen molar-refractivity contribution in [3.8, 4) is 0 Å². The number of aromatic nitrogens is 2. The molecule has 22 heavy (non-hydrogen) atoms. The van der Waals surface area contributed by atoms with Crippen LogP contribution in [0.2, 0.25) is 0 Å². The first-order valence-corrected chi connectivity index (χ1v) is 7.92. The quantitative estimate of drug-likeness (QED) is 0.478. The molecule has 0 amide bonds. The molecule has 0 unspecified atom stereocenters. The van der Waals surface area contributed by atoms with Gasteiger partial charge < -0.3 is 9.30 Å². The lowest BCUT2D eigenvalue weighted by Crippen LogP contribution is -2.35. The molecule has 4 nitrogen and oxygen atoms in total. The Hall–Kier alpha value is -2.07. The summed E-state index contributed by atoms with van der Waals surface area (Å²) in [5.41, 5.74) is 4.83.